The Morgan fingerprint density at radius 2 is 2.26 bits per heavy atom. The Kier molecular flexibility index (Phi) is 3.25. The van der Waals surface area contributed by atoms with E-state index < -0.39 is 0 Å². The fourth-order valence-electron chi connectivity index (χ4n) is 2.54. The first-order chi connectivity index (χ1) is 9.25. The van der Waals surface area contributed by atoms with E-state index in [-0.39, 0.29) is 16.5 Å². The number of nitro groups is 1. The molecule has 19 heavy (non-hydrogen) atoms. The van der Waals surface area contributed by atoms with Crippen LogP contribution in [0.1, 0.15) is 35.8 Å². The summed E-state index contributed by atoms with van der Waals surface area (Å²) >= 11 is 1.53. The molecule has 1 aromatic heterocycles. The summed E-state index contributed by atoms with van der Waals surface area (Å²) < 4.78 is 0. The number of aromatic nitrogens is 2. The maximum atomic E-state index is 10.9. The minimum Gasteiger partial charge on any atom is -0.258 e. The van der Waals surface area contributed by atoms with Crippen LogP contribution < -0.4 is 0 Å². The summed E-state index contributed by atoms with van der Waals surface area (Å²) in [6.07, 6.45) is 3.55. The SMILES string of the molecule is O=[N+]([O-])c1cccc(C(c2nncs2)C2CCC2)c1. The van der Waals surface area contributed by atoms with Gasteiger partial charge in [0.15, 0.2) is 0 Å². The van der Waals surface area contributed by atoms with Crippen LogP contribution in [0.25, 0.3) is 0 Å². The van der Waals surface area contributed by atoms with E-state index in [2.05, 4.69) is 10.2 Å². The zero-order valence-corrected chi connectivity index (χ0v) is 11.0. The highest BCUT2D eigenvalue weighted by atomic mass is 32.1. The molecule has 2 aromatic rings. The van der Waals surface area contributed by atoms with Crippen LogP contribution in [0, 0.1) is 16.0 Å². The van der Waals surface area contributed by atoms with Gasteiger partial charge in [0.05, 0.1) is 4.92 Å². The average molecular weight is 275 g/mol. The molecule has 3 rings (SSSR count). The first-order valence-electron chi connectivity index (χ1n) is 6.26. The lowest BCUT2D eigenvalue weighted by atomic mass is 9.73. The molecule has 1 saturated carbocycles. The number of nitrogens with zero attached hydrogens (tertiary/aromatic N) is 3. The Morgan fingerprint density at radius 3 is 2.84 bits per heavy atom. The molecule has 1 aromatic carbocycles. The van der Waals surface area contributed by atoms with Gasteiger partial charge in [0, 0.05) is 18.1 Å². The first-order valence-corrected chi connectivity index (χ1v) is 7.14. The summed E-state index contributed by atoms with van der Waals surface area (Å²) in [4.78, 5) is 10.6. The summed E-state index contributed by atoms with van der Waals surface area (Å²) in [6, 6.07) is 6.91. The number of benzene rings is 1. The quantitative estimate of drug-likeness (QED) is 0.633. The van der Waals surface area contributed by atoms with Crippen LogP contribution in [0.3, 0.4) is 0 Å². The molecule has 0 saturated heterocycles. The van der Waals surface area contributed by atoms with Gasteiger partial charge in [-0.25, -0.2) is 0 Å². The molecule has 0 N–H and O–H groups in total. The van der Waals surface area contributed by atoms with Gasteiger partial charge in [-0.1, -0.05) is 18.6 Å². The van der Waals surface area contributed by atoms with Crippen molar-refractivity contribution >= 4 is 17.0 Å². The van der Waals surface area contributed by atoms with Gasteiger partial charge in [-0.3, -0.25) is 10.1 Å². The maximum absolute atomic E-state index is 10.9. The average Bonchev–Trinajstić information content (AvgIpc) is 2.87. The van der Waals surface area contributed by atoms with Crippen LogP contribution in [0.15, 0.2) is 29.8 Å². The van der Waals surface area contributed by atoms with Gasteiger partial charge in [-0.05, 0) is 24.3 Å². The lowest BCUT2D eigenvalue weighted by Gasteiger charge is -2.32. The summed E-state index contributed by atoms with van der Waals surface area (Å²) in [5.41, 5.74) is 2.85. The molecule has 0 bridgehead atoms. The van der Waals surface area contributed by atoms with Gasteiger partial charge in [0.25, 0.3) is 5.69 Å². The normalized spacial score (nSPS) is 16.8. The summed E-state index contributed by atoms with van der Waals surface area (Å²) in [6.45, 7) is 0. The third-order valence-corrected chi connectivity index (χ3v) is 4.48. The van der Waals surface area contributed by atoms with Crippen molar-refractivity contribution in [2.75, 3.05) is 0 Å². The molecular formula is C13H13N3O2S. The van der Waals surface area contributed by atoms with E-state index in [0.29, 0.717) is 5.92 Å². The zero-order chi connectivity index (χ0) is 13.2. The second kappa shape index (κ2) is 5.05. The van der Waals surface area contributed by atoms with Crippen molar-refractivity contribution in [2.45, 2.75) is 25.2 Å². The Morgan fingerprint density at radius 1 is 1.42 bits per heavy atom. The molecule has 1 aliphatic rings. The van der Waals surface area contributed by atoms with E-state index >= 15 is 0 Å². The molecule has 1 fully saturated rings. The van der Waals surface area contributed by atoms with Crippen molar-refractivity contribution < 1.29 is 4.92 Å². The molecule has 5 nitrogen and oxygen atoms in total. The molecule has 0 amide bonds. The zero-order valence-electron chi connectivity index (χ0n) is 10.2. The van der Waals surface area contributed by atoms with Crippen LogP contribution >= 0.6 is 11.3 Å². The minimum atomic E-state index is -0.346. The molecule has 1 heterocycles. The van der Waals surface area contributed by atoms with Crippen molar-refractivity contribution in [3.63, 3.8) is 0 Å². The third kappa shape index (κ3) is 2.35. The van der Waals surface area contributed by atoms with Crippen molar-refractivity contribution in [2.24, 2.45) is 5.92 Å². The number of hydrogen-bond donors (Lipinski definition) is 0. The summed E-state index contributed by atoms with van der Waals surface area (Å²) in [7, 11) is 0. The van der Waals surface area contributed by atoms with Gasteiger partial charge >= 0.3 is 0 Å². The highest BCUT2D eigenvalue weighted by Crippen LogP contribution is 2.44. The Balaban J connectivity index is 1.99. The van der Waals surface area contributed by atoms with Crippen molar-refractivity contribution in [3.8, 4) is 0 Å². The standard InChI is InChI=1S/C13H13N3O2S/c17-16(18)11-6-2-5-10(7-11)12(9-3-1-4-9)13-15-14-8-19-13/h2,5-9,12H,1,3-4H2. The second-order valence-electron chi connectivity index (χ2n) is 4.80. The molecule has 1 atom stereocenters. The number of nitro benzene ring substituents is 1. The Bertz CT molecular complexity index is 581. The van der Waals surface area contributed by atoms with E-state index in [4.69, 9.17) is 0 Å². The molecule has 0 aliphatic heterocycles. The molecule has 98 valence electrons. The highest BCUT2D eigenvalue weighted by Gasteiger charge is 2.32. The lowest BCUT2D eigenvalue weighted by Crippen LogP contribution is -2.21. The topological polar surface area (TPSA) is 68.9 Å². The molecule has 1 aliphatic carbocycles. The van der Waals surface area contributed by atoms with Crippen LogP contribution in [0.2, 0.25) is 0 Å². The molecular weight excluding hydrogens is 262 g/mol. The van der Waals surface area contributed by atoms with E-state index in [1.54, 1.807) is 17.6 Å². The Hall–Kier alpha value is -1.82. The van der Waals surface area contributed by atoms with Crippen LogP contribution in [-0.2, 0) is 0 Å². The second-order valence-corrected chi connectivity index (χ2v) is 5.66. The van der Waals surface area contributed by atoms with Crippen LogP contribution in [0.5, 0.6) is 0 Å². The van der Waals surface area contributed by atoms with Gasteiger partial charge < -0.3 is 0 Å². The highest BCUT2D eigenvalue weighted by molar-refractivity contribution is 7.09. The number of hydrogen-bond acceptors (Lipinski definition) is 5. The van der Waals surface area contributed by atoms with Gasteiger partial charge in [0.1, 0.15) is 10.5 Å². The maximum Gasteiger partial charge on any atom is 0.269 e. The monoisotopic (exact) mass is 275 g/mol. The molecule has 6 heteroatoms. The van der Waals surface area contributed by atoms with E-state index in [1.165, 1.54) is 23.8 Å². The van der Waals surface area contributed by atoms with E-state index in [9.17, 15) is 10.1 Å². The summed E-state index contributed by atoms with van der Waals surface area (Å²) in [5, 5.41) is 19.9. The molecule has 0 radical (unpaired) electrons. The predicted molar refractivity (Wildman–Crippen MR) is 72.2 cm³/mol. The van der Waals surface area contributed by atoms with Gasteiger partial charge in [-0.2, -0.15) is 0 Å². The lowest BCUT2D eigenvalue weighted by molar-refractivity contribution is -0.384. The summed E-state index contributed by atoms with van der Waals surface area (Å²) in [5.74, 6) is 0.691. The predicted octanol–water partition coefficient (Wildman–Crippen LogP) is 3.38. The minimum absolute atomic E-state index is 0.145. The fraction of sp³-hybridized carbons (Fsp3) is 0.385. The van der Waals surface area contributed by atoms with Crippen LogP contribution in [0.4, 0.5) is 5.69 Å². The van der Waals surface area contributed by atoms with Crippen LogP contribution in [-0.4, -0.2) is 15.1 Å². The number of rotatable bonds is 4. The third-order valence-electron chi connectivity index (χ3n) is 3.70. The fourth-order valence-corrected chi connectivity index (χ4v) is 3.31. The van der Waals surface area contributed by atoms with Crippen molar-refractivity contribution in [1.29, 1.82) is 0 Å². The van der Waals surface area contributed by atoms with Gasteiger partial charge in [-0.15, -0.1) is 21.5 Å². The molecule has 0 spiro atoms. The smallest absolute Gasteiger partial charge is 0.258 e. The largest absolute Gasteiger partial charge is 0.269 e. The van der Waals surface area contributed by atoms with Crippen molar-refractivity contribution in [1.82, 2.24) is 10.2 Å². The van der Waals surface area contributed by atoms with E-state index in [1.807, 2.05) is 6.07 Å². The number of non-ortho nitro benzene ring substituents is 1. The van der Waals surface area contributed by atoms with Gasteiger partial charge in [0.2, 0.25) is 0 Å². The Labute approximate surface area is 114 Å². The molecule has 1 unspecified atom stereocenters. The first kappa shape index (κ1) is 12.2. The van der Waals surface area contributed by atoms with E-state index in [0.717, 1.165) is 23.4 Å². The van der Waals surface area contributed by atoms with Crippen molar-refractivity contribution in [3.05, 3.63) is 50.5 Å².